The van der Waals surface area contributed by atoms with Crippen LogP contribution in [-0.4, -0.2) is 118 Å². The first-order chi connectivity index (χ1) is 31.8. The summed E-state index contributed by atoms with van der Waals surface area (Å²) in [4.78, 5) is 59.7. The number of hydrogen-bond acceptors (Lipinski definition) is 13. The third-order valence-corrected chi connectivity index (χ3v) is 15.6. The first-order valence-corrected chi connectivity index (χ1v) is 26.1. The zero-order valence-corrected chi connectivity index (χ0v) is 40.6. The van der Waals surface area contributed by atoms with E-state index < -0.39 is 19.1 Å². The van der Waals surface area contributed by atoms with E-state index in [1.165, 1.54) is 11.3 Å². The summed E-state index contributed by atoms with van der Waals surface area (Å²) < 4.78 is 23.4. The Balaban J connectivity index is 0.817. The molecular weight excluding hydrogens is 921 g/mol. The Morgan fingerprint density at radius 3 is 2.39 bits per heavy atom. The van der Waals surface area contributed by atoms with Crippen LogP contribution in [0.25, 0.3) is 21.9 Å². The van der Waals surface area contributed by atoms with E-state index in [2.05, 4.69) is 81.7 Å². The molecule has 0 aliphatic carbocycles. The van der Waals surface area contributed by atoms with Crippen LogP contribution in [0.15, 0.2) is 76.3 Å². The number of carbonyl (C=O) groups is 2. The number of imide groups is 1. The molecule has 3 saturated heterocycles. The van der Waals surface area contributed by atoms with E-state index in [1.54, 1.807) is 49.0 Å². The maximum Gasteiger partial charge on any atom is 0.329 e. The Bertz CT molecular complexity index is 2930. The predicted octanol–water partition coefficient (Wildman–Crippen LogP) is 6.55. The average Bonchev–Trinajstić information content (AvgIpc) is 3.57. The van der Waals surface area contributed by atoms with Gasteiger partial charge in [0.05, 0.1) is 45.7 Å². The van der Waals surface area contributed by atoms with E-state index in [-0.39, 0.29) is 18.0 Å². The molecule has 0 saturated carbocycles. The minimum Gasteiger partial charge on any atom is -0.494 e. The molecule has 9 rings (SSSR count). The SMILES string of the molecule is CCc1cc(Nc2ncc(Br)c(Nc3cnc4ccccc4c3P(C)(C)=O)n2)c(OC)cc1N1CCC(N2CCN(CCc3cccc4c3n(C)c(=O)n4C3CCC(=O)NC3=O)CC2)CC1. The Labute approximate surface area is 392 Å². The van der Waals surface area contributed by atoms with Gasteiger partial charge in [0, 0.05) is 94.0 Å². The van der Waals surface area contributed by atoms with E-state index >= 15 is 0 Å². The summed E-state index contributed by atoms with van der Waals surface area (Å²) in [6, 6.07) is 17.8. The predicted molar refractivity (Wildman–Crippen MR) is 265 cm³/mol. The van der Waals surface area contributed by atoms with Crippen LogP contribution in [0.1, 0.15) is 49.8 Å². The van der Waals surface area contributed by atoms with Crippen LogP contribution in [0.3, 0.4) is 0 Å². The van der Waals surface area contributed by atoms with Crippen LogP contribution < -0.4 is 36.6 Å². The van der Waals surface area contributed by atoms with Gasteiger partial charge in [0.25, 0.3) is 0 Å². The molecule has 3 aliphatic rings. The number of methoxy groups -OCH3 is 1. The lowest BCUT2D eigenvalue weighted by molar-refractivity contribution is -0.135. The monoisotopic (exact) mass is 977 g/mol. The lowest BCUT2D eigenvalue weighted by Crippen LogP contribution is -2.53. The van der Waals surface area contributed by atoms with Crippen LogP contribution >= 0.6 is 23.1 Å². The fourth-order valence-electron chi connectivity index (χ4n) is 10.1. The van der Waals surface area contributed by atoms with Gasteiger partial charge in [0.15, 0.2) is 0 Å². The number of benzene rings is 3. The number of amides is 2. The van der Waals surface area contributed by atoms with Crippen LogP contribution in [0.4, 0.5) is 28.8 Å². The highest BCUT2D eigenvalue weighted by atomic mass is 79.9. The number of piperazine rings is 1. The topological polar surface area (TPSA) is 172 Å². The van der Waals surface area contributed by atoms with Crippen molar-refractivity contribution in [1.82, 2.24) is 39.2 Å². The molecular formula is C48H57BrN11O5P. The highest BCUT2D eigenvalue weighted by Gasteiger charge is 2.33. The van der Waals surface area contributed by atoms with E-state index in [1.807, 2.05) is 36.4 Å². The maximum atomic E-state index is 13.6. The molecule has 6 heterocycles. The number of carbonyl (C=O) groups excluding carboxylic acids is 2. The van der Waals surface area contributed by atoms with E-state index in [4.69, 9.17) is 9.72 Å². The van der Waals surface area contributed by atoms with Gasteiger partial charge in [0.1, 0.15) is 24.8 Å². The second kappa shape index (κ2) is 18.9. The number of anilines is 5. The quantitative estimate of drug-likeness (QED) is 0.0842. The summed E-state index contributed by atoms with van der Waals surface area (Å²) in [7, 11) is 0.732. The zero-order valence-electron chi connectivity index (χ0n) is 38.1. The highest BCUT2D eigenvalue weighted by molar-refractivity contribution is 9.10. The van der Waals surface area contributed by atoms with Crippen LogP contribution in [0.2, 0.25) is 0 Å². The van der Waals surface area contributed by atoms with Crippen LogP contribution in [0.5, 0.6) is 5.75 Å². The van der Waals surface area contributed by atoms with Gasteiger partial charge < -0.3 is 29.7 Å². The number of ether oxygens (including phenoxy) is 1. The highest BCUT2D eigenvalue weighted by Crippen LogP contribution is 2.42. The van der Waals surface area contributed by atoms with Gasteiger partial charge in [-0.25, -0.2) is 9.78 Å². The van der Waals surface area contributed by atoms with Gasteiger partial charge >= 0.3 is 5.69 Å². The smallest absolute Gasteiger partial charge is 0.329 e. The number of nitrogens with zero attached hydrogens (tertiary/aromatic N) is 8. The summed E-state index contributed by atoms with van der Waals surface area (Å²) in [5.74, 6) is 0.882. The van der Waals surface area contributed by atoms with Gasteiger partial charge in [-0.3, -0.25) is 33.9 Å². The Morgan fingerprint density at radius 1 is 0.894 bits per heavy atom. The fourth-order valence-corrected chi connectivity index (χ4v) is 11.8. The van der Waals surface area contributed by atoms with E-state index in [0.29, 0.717) is 40.1 Å². The average molecular weight is 979 g/mol. The molecule has 0 radical (unpaired) electrons. The van der Waals surface area contributed by atoms with Crippen molar-refractivity contribution in [3.8, 4) is 5.75 Å². The molecule has 16 nitrogen and oxygen atoms in total. The Hall–Kier alpha value is -5.61. The van der Waals surface area contributed by atoms with E-state index in [0.717, 1.165) is 110 Å². The third kappa shape index (κ3) is 9.10. The third-order valence-electron chi connectivity index (χ3n) is 13.4. The number of hydrogen-bond donors (Lipinski definition) is 3. The normalized spacial score (nSPS) is 18.0. The summed E-state index contributed by atoms with van der Waals surface area (Å²) in [6.07, 6.45) is 7.73. The molecule has 3 aliphatic heterocycles. The van der Waals surface area contributed by atoms with Crippen molar-refractivity contribution < 1.29 is 18.9 Å². The van der Waals surface area contributed by atoms with Crippen molar-refractivity contribution >= 4 is 91.0 Å². The number of pyridine rings is 1. The van der Waals surface area contributed by atoms with Crippen molar-refractivity contribution in [3.05, 3.63) is 93.1 Å². The van der Waals surface area contributed by atoms with E-state index in [9.17, 15) is 18.9 Å². The number of aromatic nitrogens is 5. The van der Waals surface area contributed by atoms with Gasteiger partial charge in [-0.1, -0.05) is 37.3 Å². The van der Waals surface area contributed by atoms with Gasteiger partial charge in [-0.05, 0) is 90.7 Å². The first kappa shape index (κ1) is 45.5. The number of piperidine rings is 2. The molecule has 3 N–H and O–H groups in total. The number of halogens is 1. The molecule has 66 heavy (non-hydrogen) atoms. The lowest BCUT2D eigenvalue weighted by atomic mass is 9.99. The molecule has 3 aromatic heterocycles. The van der Waals surface area contributed by atoms with Gasteiger partial charge in [0.2, 0.25) is 17.8 Å². The summed E-state index contributed by atoms with van der Waals surface area (Å²) >= 11 is 3.61. The lowest BCUT2D eigenvalue weighted by Gasteiger charge is -2.43. The molecule has 3 aromatic carbocycles. The first-order valence-electron chi connectivity index (χ1n) is 22.8. The molecule has 1 unspecified atom stereocenters. The molecule has 18 heteroatoms. The number of nitrogens with one attached hydrogen (secondary N) is 3. The molecule has 0 bridgehead atoms. The Morgan fingerprint density at radius 2 is 1.67 bits per heavy atom. The largest absolute Gasteiger partial charge is 0.494 e. The van der Waals surface area contributed by atoms with Gasteiger partial charge in [-0.2, -0.15) is 4.98 Å². The number of aryl methyl sites for hydroxylation is 2. The van der Waals surface area contributed by atoms with Crippen molar-refractivity contribution in [1.29, 1.82) is 0 Å². The standard InChI is InChI=1S/C48H57BrN11O5P/c1-6-30-26-36(53-47-51-28-34(49)45(55-47)52-37-29-50-35-12-8-7-11-33(35)44(37)66(4,5)64)41(65-3)27-40(30)59-20-17-32(18-21-59)58-24-22-57(23-25-58)19-16-31-10-9-13-38-43(31)56(2)48(63)60(38)39-14-15-42(61)54-46(39)62/h7-13,26-29,32,39H,6,14-25H2,1-5H3,(H,54,61,62)(H2,51,52,53,55). The summed E-state index contributed by atoms with van der Waals surface area (Å²) in [6.45, 7) is 12.5. The number of fused-ring (bicyclic) bond motifs is 2. The molecule has 3 fully saturated rings. The second-order valence-electron chi connectivity index (χ2n) is 17.9. The molecule has 2 amide bonds. The zero-order chi connectivity index (χ0) is 46.3. The van der Waals surface area contributed by atoms with Crippen molar-refractivity contribution in [2.24, 2.45) is 7.05 Å². The summed E-state index contributed by atoms with van der Waals surface area (Å²) in [5.41, 5.74) is 7.01. The van der Waals surface area contributed by atoms with Crippen molar-refractivity contribution in [2.75, 3.05) is 81.8 Å². The summed E-state index contributed by atoms with van der Waals surface area (Å²) in [5, 5.41) is 10.8. The number of rotatable bonds is 13. The van der Waals surface area contributed by atoms with Crippen molar-refractivity contribution in [3.63, 3.8) is 0 Å². The molecule has 1 atom stereocenters. The minimum absolute atomic E-state index is 0.219. The molecule has 0 spiro atoms. The van der Waals surface area contributed by atoms with Crippen molar-refractivity contribution in [2.45, 2.75) is 57.5 Å². The number of para-hydroxylation sites is 2. The molecule has 346 valence electrons. The minimum atomic E-state index is -2.72. The van der Waals surface area contributed by atoms with Crippen LogP contribution in [0, 0.1) is 0 Å². The second-order valence-corrected chi connectivity index (χ2v) is 21.9. The fraction of sp³-hybridized carbons (Fsp3) is 0.417. The van der Waals surface area contributed by atoms with Gasteiger partial charge in [-0.15, -0.1) is 0 Å². The molecule has 6 aromatic rings. The number of imidazole rings is 1. The maximum absolute atomic E-state index is 13.6. The van der Waals surface area contributed by atoms with Crippen LogP contribution in [-0.2, 0) is 34.0 Å². The Kier molecular flexibility index (Phi) is 13.1.